The van der Waals surface area contributed by atoms with Crippen LogP contribution in [0.2, 0.25) is 0 Å². The van der Waals surface area contributed by atoms with E-state index in [-0.39, 0.29) is 136 Å². The maximum absolute atomic E-state index is 8.66. The second kappa shape index (κ2) is 44.0. The van der Waals surface area contributed by atoms with Gasteiger partial charge in [0.2, 0.25) is 0 Å². The van der Waals surface area contributed by atoms with Gasteiger partial charge in [0.05, 0.1) is 15.6 Å². The third-order valence-corrected chi connectivity index (χ3v) is 0.250. The van der Waals surface area contributed by atoms with Gasteiger partial charge in [-0.15, -0.1) is 0 Å². The van der Waals surface area contributed by atoms with Crippen molar-refractivity contribution in [3.05, 3.63) is 0 Å². The molecule has 0 atom stereocenters. The molecule has 0 rings (SSSR count). The topological polar surface area (TPSA) is 411 Å². The van der Waals surface area contributed by atoms with Crippen LogP contribution < -0.4 is 134 Å². The molecule has 0 saturated heterocycles. The number of hydrogen-bond donors (Lipinski definition) is 4. The summed E-state index contributed by atoms with van der Waals surface area (Å²) >= 11 is 0. The van der Waals surface area contributed by atoms with Crippen LogP contribution in [-0.2, 0) is 9.13 Å². The normalized spacial score (nSPS) is 6.73. The maximum Gasteiger partial charge on any atom is 1.00 e. The predicted molar refractivity (Wildman–Crippen MR) is 56.8 cm³/mol. The van der Waals surface area contributed by atoms with Crippen LogP contribution in [0.5, 0.6) is 0 Å². The SMILES string of the molecule is O.O.O.O.O.O.O=P([O-])([O-])O.O=P([O-])([O-])O.[K+].[K+].[NH3+]CC[NH3+]. The van der Waals surface area contributed by atoms with E-state index >= 15 is 0 Å². The summed E-state index contributed by atoms with van der Waals surface area (Å²) in [5.41, 5.74) is 7.08. The summed E-state index contributed by atoms with van der Waals surface area (Å²) in [5, 5.41) is 0. The Balaban J connectivity index is -0.00000000779. The van der Waals surface area contributed by atoms with Gasteiger partial charge < -0.3 is 82.8 Å². The Morgan fingerprint density at radius 2 is 0.682 bits per heavy atom. The Labute approximate surface area is 210 Å². The molecular weight excluding hydrogens is 416 g/mol. The van der Waals surface area contributed by atoms with Crippen LogP contribution in [0.25, 0.3) is 0 Å². The Bertz CT molecular complexity index is 170. The van der Waals surface area contributed by atoms with Crippen LogP contribution in [0.15, 0.2) is 0 Å². The van der Waals surface area contributed by atoms with E-state index in [1.165, 1.54) is 0 Å². The van der Waals surface area contributed by atoms with Gasteiger partial charge in [0.25, 0.3) is 0 Å². The molecule has 0 aliphatic carbocycles. The standard InChI is InChI=1S/C2H8N2.2K.2H3O4P.6H2O/c3-1-2-4;;;2*1-5(2,3)4;;;;;;/h1-4H2;;;2*(H3,1,2,3,4);6*1H2/q;2*+1;;;;;;;;/p-2. The summed E-state index contributed by atoms with van der Waals surface area (Å²) in [6.07, 6.45) is 0. The molecular formula is C2H24K2N2O14P2. The Morgan fingerprint density at radius 1 is 0.636 bits per heavy atom. The van der Waals surface area contributed by atoms with Gasteiger partial charge in [0, 0.05) is 0 Å². The fourth-order valence-electron chi connectivity index (χ4n) is 0. The molecule has 0 radical (unpaired) electrons. The second-order valence-electron chi connectivity index (χ2n) is 1.64. The molecule has 0 amide bonds. The second-order valence-corrected chi connectivity index (χ2v) is 3.52. The molecule has 0 spiro atoms. The van der Waals surface area contributed by atoms with Crippen molar-refractivity contribution >= 4 is 15.6 Å². The predicted octanol–water partition coefficient (Wildman–Crippen LogP) is -17.9. The van der Waals surface area contributed by atoms with E-state index < -0.39 is 15.6 Å². The average Bonchev–Trinajstić information content (AvgIpc) is 1.79. The van der Waals surface area contributed by atoms with Crippen LogP contribution >= 0.6 is 15.6 Å². The van der Waals surface area contributed by atoms with Gasteiger partial charge in [0.1, 0.15) is 13.1 Å². The Hall–Kier alpha value is 3.17. The van der Waals surface area contributed by atoms with Crippen molar-refractivity contribution in [3.8, 4) is 0 Å². The van der Waals surface area contributed by atoms with Crippen LogP contribution in [0, 0.1) is 0 Å². The van der Waals surface area contributed by atoms with Gasteiger partial charge in [0.15, 0.2) is 0 Å². The molecule has 0 fully saturated rings. The minimum Gasteiger partial charge on any atom is -0.790 e. The van der Waals surface area contributed by atoms with E-state index in [9.17, 15) is 0 Å². The van der Waals surface area contributed by atoms with Gasteiger partial charge >= 0.3 is 103 Å². The zero-order valence-corrected chi connectivity index (χ0v) is 20.1. The van der Waals surface area contributed by atoms with Crippen molar-refractivity contribution in [1.82, 2.24) is 0 Å². The smallest absolute Gasteiger partial charge is 0.790 e. The molecule has 22 heavy (non-hydrogen) atoms. The first kappa shape index (κ1) is 73.2. The molecule has 0 heterocycles. The third kappa shape index (κ3) is 654. The van der Waals surface area contributed by atoms with Crippen LogP contribution in [0.1, 0.15) is 0 Å². The van der Waals surface area contributed by atoms with Crippen molar-refractivity contribution in [2.45, 2.75) is 0 Å². The van der Waals surface area contributed by atoms with Crippen LogP contribution in [0.3, 0.4) is 0 Å². The average molecular weight is 440 g/mol. The molecule has 0 bridgehead atoms. The molecule has 20 heteroatoms. The van der Waals surface area contributed by atoms with Gasteiger partial charge in [-0.05, 0) is 0 Å². The molecule has 138 valence electrons. The van der Waals surface area contributed by atoms with Crippen molar-refractivity contribution < 1.29 is 186 Å². The molecule has 16 nitrogen and oxygen atoms in total. The summed E-state index contributed by atoms with van der Waals surface area (Å²) < 4.78 is 17.3. The molecule has 0 aliphatic heterocycles. The van der Waals surface area contributed by atoms with E-state index in [4.69, 9.17) is 38.5 Å². The minimum absolute atomic E-state index is 0. The van der Waals surface area contributed by atoms with E-state index in [0.717, 1.165) is 13.1 Å². The maximum atomic E-state index is 8.66. The van der Waals surface area contributed by atoms with Gasteiger partial charge in [-0.1, -0.05) is 0 Å². The fraction of sp³-hybridized carbons (Fsp3) is 1.00. The molecule has 20 N–H and O–H groups in total. The van der Waals surface area contributed by atoms with Crippen LogP contribution in [0.4, 0.5) is 0 Å². The number of hydrogen-bond acceptors (Lipinski definition) is 6. The summed E-state index contributed by atoms with van der Waals surface area (Å²) in [5.74, 6) is 0. The van der Waals surface area contributed by atoms with E-state index in [0.29, 0.717) is 0 Å². The largest absolute Gasteiger partial charge is 1.00 e. The van der Waals surface area contributed by atoms with E-state index in [1.54, 1.807) is 0 Å². The first-order valence-corrected chi connectivity index (χ1v) is 5.99. The minimum atomic E-state index is -5.14. The van der Waals surface area contributed by atoms with Crippen molar-refractivity contribution in [2.75, 3.05) is 13.1 Å². The fourth-order valence-corrected chi connectivity index (χ4v) is 0. The Morgan fingerprint density at radius 3 is 0.682 bits per heavy atom. The molecule has 0 unspecified atom stereocenters. The number of phosphoric acid groups is 2. The summed E-state index contributed by atoms with van der Waals surface area (Å²) in [4.78, 5) is 48.6. The van der Waals surface area contributed by atoms with Crippen molar-refractivity contribution in [3.63, 3.8) is 0 Å². The van der Waals surface area contributed by atoms with Crippen LogP contribution in [-0.4, -0.2) is 55.7 Å². The molecule has 0 aliphatic rings. The summed E-state index contributed by atoms with van der Waals surface area (Å²) in [6.45, 7) is 1.92. The zero-order chi connectivity index (χ0) is 12.4. The van der Waals surface area contributed by atoms with Gasteiger partial charge in [-0.3, -0.25) is 0 Å². The molecule has 0 aromatic carbocycles. The van der Waals surface area contributed by atoms with Gasteiger partial charge in [-0.25, -0.2) is 0 Å². The summed E-state index contributed by atoms with van der Waals surface area (Å²) in [7, 11) is -10.3. The molecule has 0 aromatic heterocycles. The number of quaternary nitrogens is 2. The van der Waals surface area contributed by atoms with E-state index in [2.05, 4.69) is 11.5 Å². The monoisotopic (exact) mass is 440 g/mol. The van der Waals surface area contributed by atoms with E-state index in [1.807, 2.05) is 0 Å². The van der Waals surface area contributed by atoms with Crippen molar-refractivity contribution in [1.29, 1.82) is 0 Å². The first-order chi connectivity index (χ1) is 5.91. The first-order valence-electron chi connectivity index (χ1n) is 3.00. The van der Waals surface area contributed by atoms with Gasteiger partial charge in [-0.2, -0.15) is 0 Å². The Kier molecular flexibility index (Phi) is 147. The molecule has 0 saturated carbocycles. The quantitative estimate of drug-likeness (QED) is 0.223. The summed E-state index contributed by atoms with van der Waals surface area (Å²) in [6, 6.07) is 0. The zero-order valence-electron chi connectivity index (χ0n) is 12.1. The molecule has 0 aromatic rings. The third-order valence-electron chi connectivity index (χ3n) is 0.250. The number of rotatable bonds is 1. The van der Waals surface area contributed by atoms with Crippen molar-refractivity contribution in [2.24, 2.45) is 0 Å².